The summed E-state index contributed by atoms with van der Waals surface area (Å²) in [6.45, 7) is 7.74. The number of carbonyl (C=O) groups excluding carboxylic acids is 1. The van der Waals surface area contributed by atoms with E-state index in [-0.39, 0.29) is 0 Å². The van der Waals surface area contributed by atoms with Gasteiger partial charge in [-0.1, -0.05) is 0 Å². The summed E-state index contributed by atoms with van der Waals surface area (Å²) < 4.78 is 5.09. The van der Waals surface area contributed by atoms with Crippen LogP contribution in [-0.4, -0.2) is 47.3 Å². The minimum absolute atomic E-state index is 0.398. The molecule has 1 heterocycles. The molecule has 0 bridgehead atoms. The standard InChI is InChI=1S/C11H21NO3/c1-11(2,3)15-10(14)9(13)8-12-6-4-5-7-12/h9,13H,4-8H2,1-3H3/t9-/m0/s1. The van der Waals surface area contributed by atoms with Gasteiger partial charge in [0.2, 0.25) is 0 Å². The minimum Gasteiger partial charge on any atom is -0.458 e. The third-order valence-electron chi connectivity index (χ3n) is 2.31. The fourth-order valence-electron chi connectivity index (χ4n) is 1.65. The van der Waals surface area contributed by atoms with Crippen LogP contribution < -0.4 is 0 Å². The van der Waals surface area contributed by atoms with E-state index in [1.807, 2.05) is 0 Å². The zero-order chi connectivity index (χ0) is 11.5. The predicted molar refractivity (Wildman–Crippen MR) is 57.5 cm³/mol. The Labute approximate surface area is 91.2 Å². The summed E-state index contributed by atoms with van der Waals surface area (Å²) in [5.41, 5.74) is -0.525. The van der Waals surface area contributed by atoms with Gasteiger partial charge in [-0.2, -0.15) is 0 Å². The molecule has 1 fully saturated rings. The Morgan fingerprint density at radius 3 is 2.40 bits per heavy atom. The Balaban J connectivity index is 2.32. The molecule has 0 radical (unpaired) electrons. The van der Waals surface area contributed by atoms with E-state index in [1.54, 1.807) is 20.8 Å². The Morgan fingerprint density at radius 2 is 1.93 bits per heavy atom. The van der Waals surface area contributed by atoms with Crippen LogP contribution in [0.1, 0.15) is 33.6 Å². The lowest BCUT2D eigenvalue weighted by atomic mass is 10.2. The molecular formula is C11H21NO3. The van der Waals surface area contributed by atoms with Gasteiger partial charge in [-0.05, 0) is 46.7 Å². The second kappa shape index (κ2) is 4.94. The molecule has 0 amide bonds. The van der Waals surface area contributed by atoms with Gasteiger partial charge in [-0.25, -0.2) is 4.79 Å². The lowest BCUT2D eigenvalue weighted by Crippen LogP contribution is -2.39. The van der Waals surface area contributed by atoms with E-state index < -0.39 is 17.7 Å². The highest BCUT2D eigenvalue weighted by atomic mass is 16.6. The molecule has 15 heavy (non-hydrogen) atoms. The zero-order valence-corrected chi connectivity index (χ0v) is 9.82. The summed E-state index contributed by atoms with van der Waals surface area (Å²) in [7, 11) is 0. The highest BCUT2D eigenvalue weighted by Gasteiger charge is 2.25. The van der Waals surface area contributed by atoms with Gasteiger partial charge in [0.25, 0.3) is 0 Å². The summed E-state index contributed by atoms with van der Waals surface area (Å²) in [6.07, 6.45) is 1.30. The number of β-amino-alcohol motifs (C(OH)–C–C–N with tert-alkyl or cyclic N) is 1. The Bertz CT molecular complexity index is 216. The van der Waals surface area contributed by atoms with Crippen LogP contribution in [0.2, 0.25) is 0 Å². The Morgan fingerprint density at radius 1 is 1.40 bits per heavy atom. The topological polar surface area (TPSA) is 49.8 Å². The fourth-order valence-corrected chi connectivity index (χ4v) is 1.65. The van der Waals surface area contributed by atoms with Gasteiger partial charge < -0.3 is 14.7 Å². The first-order chi connectivity index (χ1) is 6.88. The molecular weight excluding hydrogens is 194 g/mol. The molecule has 0 aromatic carbocycles. The van der Waals surface area contributed by atoms with Crippen molar-refractivity contribution in [2.45, 2.75) is 45.3 Å². The van der Waals surface area contributed by atoms with E-state index in [2.05, 4.69) is 4.90 Å². The molecule has 1 saturated heterocycles. The first-order valence-electron chi connectivity index (χ1n) is 5.52. The second-order valence-corrected chi connectivity index (χ2v) is 5.06. The normalized spacial score (nSPS) is 20.3. The van der Waals surface area contributed by atoms with Crippen LogP contribution in [0.3, 0.4) is 0 Å². The van der Waals surface area contributed by atoms with Crippen LogP contribution in [-0.2, 0) is 9.53 Å². The zero-order valence-electron chi connectivity index (χ0n) is 9.82. The molecule has 1 atom stereocenters. The van der Waals surface area contributed by atoms with Gasteiger partial charge in [-0.3, -0.25) is 0 Å². The SMILES string of the molecule is CC(C)(C)OC(=O)[C@@H](O)CN1CCCC1. The molecule has 0 spiro atoms. The molecule has 0 unspecified atom stereocenters. The number of aliphatic hydroxyl groups excluding tert-OH is 1. The van der Waals surface area contributed by atoms with E-state index in [1.165, 1.54) is 0 Å². The highest BCUT2D eigenvalue weighted by Crippen LogP contribution is 2.11. The molecule has 4 nitrogen and oxygen atoms in total. The van der Waals surface area contributed by atoms with Gasteiger partial charge in [-0.15, -0.1) is 0 Å². The van der Waals surface area contributed by atoms with Crippen molar-refractivity contribution in [2.75, 3.05) is 19.6 Å². The molecule has 0 saturated carbocycles. The van der Waals surface area contributed by atoms with Crippen LogP contribution in [0.4, 0.5) is 0 Å². The Hall–Kier alpha value is -0.610. The molecule has 1 N–H and O–H groups in total. The van der Waals surface area contributed by atoms with Gasteiger partial charge >= 0.3 is 5.97 Å². The van der Waals surface area contributed by atoms with Crippen LogP contribution in [0.15, 0.2) is 0 Å². The monoisotopic (exact) mass is 215 g/mol. The van der Waals surface area contributed by atoms with Crippen LogP contribution >= 0.6 is 0 Å². The van der Waals surface area contributed by atoms with E-state index in [0.717, 1.165) is 25.9 Å². The quantitative estimate of drug-likeness (QED) is 0.707. The summed E-state index contributed by atoms with van der Waals surface area (Å²) in [5, 5.41) is 9.63. The van der Waals surface area contributed by atoms with Crippen molar-refractivity contribution in [1.82, 2.24) is 4.90 Å². The van der Waals surface area contributed by atoms with Crippen LogP contribution in [0.25, 0.3) is 0 Å². The third-order valence-corrected chi connectivity index (χ3v) is 2.31. The third kappa shape index (κ3) is 4.62. The van der Waals surface area contributed by atoms with Crippen LogP contribution in [0, 0.1) is 0 Å². The summed E-state index contributed by atoms with van der Waals surface area (Å²) >= 11 is 0. The lowest BCUT2D eigenvalue weighted by Gasteiger charge is -2.23. The summed E-state index contributed by atoms with van der Waals surface area (Å²) in [4.78, 5) is 13.5. The number of likely N-dealkylation sites (tertiary alicyclic amines) is 1. The van der Waals surface area contributed by atoms with E-state index >= 15 is 0 Å². The maximum absolute atomic E-state index is 11.4. The highest BCUT2D eigenvalue weighted by molar-refractivity contribution is 5.75. The van der Waals surface area contributed by atoms with Gasteiger partial charge in [0.05, 0.1) is 0 Å². The Kier molecular flexibility index (Phi) is 4.11. The van der Waals surface area contributed by atoms with Gasteiger partial charge in [0, 0.05) is 6.54 Å². The van der Waals surface area contributed by atoms with E-state index in [0.29, 0.717) is 6.54 Å². The van der Waals surface area contributed by atoms with Crippen molar-refractivity contribution in [3.8, 4) is 0 Å². The smallest absolute Gasteiger partial charge is 0.336 e. The number of hydrogen-bond donors (Lipinski definition) is 1. The molecule has 0 aromatic heterocycles. The minimum atomic E-state index is -1.01. The van der Waals surface area contributed by atoms with Crippen molar-refractivity contribution in [3.63, 3.8) is 0 Å². The molecule has 4 heteroatoms. The molecule has 1 aliphatic heterocycles. The average Bonchev–Trinajstić information content (AvgIpc) is 2.53. The number of esters is 1. The average molecular weight is 215 g/mol. The van der Waals surface area contributed by atoms with Gasteiger partial charge in [0.1, 0.15) is 5.60 Å². The van der Waals surface area contributed by atoms with Crippen LogP contribution in [0.5, 0.6) is 0 Å². The fraction of sp³-hybridized carbons (Fsp3) is 0.909. The number of ether oxygens (including phenoxy) is 1. The molecule has 1 rings (SSSR count). The number of rotatable bonds is 3. The van der Waals surface area contributed by atoms with Crippen molar-refractivity contribution >= 4 is 5.97 Å². The van der Waals surface area contributed by atoms with Crippen molar-refractivity contribution in [1.29, 1.82) is 0 Å². The number of carbonyl (C=O) groups is 1. The molecule has 0 aliphatic carbocycles. The summed E-state index contributed by atoms with van der Waals surface area (Å²) in [5.74, 6) is -0.519. The van der Waals surface area contributed by atoms with E-state index in [4.69, 9.17) is 4.74 Å². The largest absolute Gasteiger partial charge is 0.458 e. The molecule has 1 aliphatic rings. The lowest BCUT2D eigenvalue weighted by molar-refractivity contribution is -0.165. The number of nitrogens with zero attached hydrogens (tertiary/aromatic N) is 1. The summed E-state index contributed by atoms with van der Waals surface area (Å²) in [6, 6.07) is 0. The second-order valence-electron chi connectivity index (χ2n) is 5.06. The maximum Gasteiger partial charge on any atom is 0.336 e. The number of hydrogen-bond acceptors (Lipinski definition) is 4. The van der Waals surface area contributed by atoms with Gasteiger partial charge in [0.15, 0.2) is 6.10 Å². The molecule has 88 valence electrons. The van der Waals surface area contributed by atoms with Crippen molar-refractivity contribution < 1.29 is 14.6 Å². The van der Waals surface area contributed by atoms with Crippen molar-refractivity contribution in [3.05, 3.63) is 0 Å². The first-order valence-corrected chi connectivity index (χ1v) is 5.52. The van der Waals surface area contributed by atoms with Crippen molar-refractivity contribution in [2.24, 2.45) is 0 Å². The number of aliphatic hydroxyl groups is 1. The first kappa shape index (κ1) is 12.5. The molecule has 0 aromatic rings. The predicted octanol–water partition coefficient (Wildman–Crippen LogP) is 0.785. The maximum atomic E-state index is 11.4. The van der Waals surface area contributed by atoms with E-state index in [9.17, 15) is 9.90 Å².